The highest BCUT2D eigenvalue weighted by Gasteiger charge is 2.25. The minimum atomic E-state index is -0.307. The van der Waals surface area contributed by atoms with Crippen molar-refractivity contribution in [2.24, 2.45) is 0 Å². The number of anilines is 1. The van der Waals surface area contributed by atoms with Gasteiger partial charge in [-0.1, -0.05) is 34.1 Å². The van der Waals surface area contributed by atoms with Gasteiger partial charge in [-0.3, -0.25) is 4.79 Å². The molecule has 4 heteroatoms. The van der Waals surface area contributed by atoms with Crippen LogP contribution in [0.3, 0.4) is 0 Å². The van der Waals surface area contributed by atoms with Gasteiger partial charge >= 0.3 is 0 Å². The van der Waals surface area contributed by atoms with Gasteiger partial charge in [-0.15, -0.1) is 0 Å². The Hall–Kier alpha value is -1.68. The maximum Gasteiger partial charge on any atom is 0.258 e. The minimum Gasteiger partial charge on any atom is -0.308 e. The van der Waals surface area contributed by atoms with Crippen molar-refractivity contribution in [1.82, 2.24) is 0 Å². The van der Waals surface area contributed by atoms with E-state index in [0.717, 1.165) is 22.9 Å². The summed E-state index contributed by atoms with van der Waals surface area (Å²) in [4.78, 5) is 14.2. The van der Waals surface area contributed by atoms with Crippen molar-refractivity contribution in [2.45, 2.75) is 11.8 Å². The third-order valence-electron chi connectivity index (χ3n) is 3.54. The molecule has 0 saturated heterocycles. The Morgan fingerprint density at radius 1 is 1.20 bits per heavy atom. The zero-order valence-corrected chi connectivity index (χ0v) is 12.4. The highest BCUT2D eigenvalue weighted by atomic mass is 79.9. The monoisotopic (exact) mass is 333 g/mol. The normalized spacial score (nSPS) is 13.4. The lowest BCUT2D eigenvalue weighted by atomic mass is 10.1. The number of hydrogen-bond donors (Lipinski definition) is 0. The number of nitrogens with zero attached hydrogens (tertiary/aromatic N) is 1. The number of amides is 1. The first-order chi connectivity index (χ1) is 9.69. The number of rotatable bonds is 2. The molecule has 0 bridgehead atoms. The minimum absolute atomic E-state index is 0.0736. The summed E-state index contributed by atoms with van der Waals surface area (Å²) in [7, 11) is 0. The second kappa shape index (κ2) is 5.37. The Balaban J connectivity index is 1.91. The molecule has 0 aliphatic carbocycles. The van der Waals surface area contributed by atoms with Gasteiger partial charge in [0.1, 0.15) is 5.82 Å². The molecular weight excluding hydrogens is 321 g/mol. The van der Waals surface area contributed by atoms with Crippen LogP contribution < -0.4 is 4.90 Å². The number of benzene rings is 2. The molecule has 1 heterocycles. The number of alkyl halides is 1. The van der Waals surface area contributed by atoms with Crippen LogP contribution in [0.1, 0.15) is 21.5 Å². The van der Waals surface area contributed by atoms with Crippen molar-refractivity contribution < 1.29 is 9.18 Å². The van der Waals surface area contributed by atoms with Gasteiger partial charge in [0.25, 0.3) is 5.91 Å². The standard InChI is InChI=1S/C16H13BrFNO/c17-10-11-1-3-13(4-2-11)16(20)19-8-7-12-5-6-14(18)9-15(12)19/h1-6,9H,7-8,10H2. The molecule has 1 amide bonds. The van der Waals surface area contributed by atoms with Gasteiger partial charge in [-0.25, -0.2) is 4.39 Å². The number of halogens is 2. The molecule has 102 valence electrons. The molecule has 0 unspecified atom stereocenters. The highest BCUT2D eigenvalue weighted by molar-refractivity contribution is 9.08. The topological polar surface area (TPSA) is 20.3 Å². The Bertz CT molecular complexity index is 654. The van der Waals surface area contributed by atoms with Gasteiger partial charge in [0.15, 0.2) is 0 Å². The first-order valence-electron chi connectivity index (χ1n) is 6.44. The second-order valence-electron chi connectivity index (χ2n) is 4.81. The Kier molecular flexibility index (Phi) is 3.57. The maximum absolute atomic E-state index is 13.4. The summed E-state index contributed by atoms with van der Waals surface area (Å²) >= 11 is 3.38. The number of carbonyl (C=O) groups is 1. The summed E-state index contributed by atoms with van der Waals surface area (Å²) in [5.74, 6) is -0.381. The third-order valence-corrected chi connectivity index (χ3v) is 4.19. The average molecular weight is 334 g/mol. The fourth-order valence-electron chi connectivity index (χ4n) is 2.46. The van der Waals surface area contributed by atoms with Gasteiger partial charge in [0.2, 0.25) is 0 Å². The van der Waals surface area contributed by atoms with Crippen molar-refractivity contribution in [3.05, 3.63) is 65.0 Å². The molecule has 2 aromatic rings. The predicted molar refractivity (Wildman–Crippen MR) is 80.9 cm³/mol. The Morgan fingerprint density at radius 3 is 2.65 bits per heavy atom. The van der Waals surface area contributed by atoms with Crippen molar-refractivity contribution in [1.29, 1.82) is 0 Å². The van der Waals surface area contributed by atoms with Crippen LogP contribution in [-0.4, -0.2) is 12.5 Å². The third kappa shape index (κ3) is 2.36. The van der Waals surface area contributed by atoms with Gasteiger partial charge in [0.05, 0.1) is 5.69 Å². The lowest BCUT2D eigenvalue weighted by Crippen LogP contribution is -2.28. The number of carbonyl (C=O) groups excluding carboxylic acids is 1. The molecule has 20 heavy (non-hydrogen) atoms. The van der Waals surface area contributed by atoms with Crippen molar-refractivity contribution >= 4 is 27.5 Å². The summed E-state index contributed by atoms with van der Waals surface area (Å²) in [5, 5.41) is 0.763. The molecule has 0 fully saturated rings. The summed E-state index contributed by atoms with van der Waals surface area (Å²) in [6.45, 7) is 0.609. The van der Waals surface area contributed by atoms with E-state index in [9.17, 15) is 9.18 Å². The maximum atomic E-state index is 13.4. The molecule has 1 aliphatic rings. The molecule has 2 nitrogen and oxygen atoms in total. The predicted octanol–water partition coefficient (Wildman–Crippen LogP) is 3.92. The molecule has 0 atom stereocenters. The molecule has 1 aliphatic heterocycles. The van der Waals surface area contributed by atoms with Crippen LogP contribution >= 0.6 is 15.9 Å². The fourth-order valence-corrected chi connectivity index (χ4v) is 2.83. The summed E-state index contributed by atoms with van der Waals surface area (Å²) in [6, 6.07) is 12.1. The van der Waals surface area contributed by atoms with Crippen LogP contribution in [0, 0.1) is 5.82 Å². The van der Waals surface area contributed by atoms with Crippen molar-refractivity contribution in [3.63, 3.8) is 0 Å². The van der Waals surface area contributed by atoms with Crippen molar-refractivity contribution in [2.75, 3.05) is 11.4 Å². The second-order valence-corrected chi connectivity index (χ2v) is 5.37. The quantitative estimate of drug-likeness (QED) is 0.762. The number of fused-ring (bicyclic) bond motifs is 1. The van der Waals surface area contributed by atoms with Gasteiger partial charge in [-0.05, 0) is 41.8 Å². The van der Waals surface area contributed by atoms with Gasteiger partial charge in [0, 0.05) is 17.4 Å². The zero-order valence-electron chi connectivity index (χ0n) is 10.8. The van der Waals surface area contributed by atoms with Crippen LogP contribution in [-0.2, 0) is 11.8 Å². The van der Waals surface area contributed by atoms with E-state index in [0.29, 0.717) is 17.8 Å². The molecule has 0 N–H and O–H groups in total. The lowest BCUT2D eigenvalue weighted by molar-refractivity contribution is 0.0989. The molecule has 2 aromatic carbocycles. The average Bonchev–Trinajstić information content (AvgIpc) is 2.89. The van der Waals surface area contributed by atoms with E-state index in [1.54, 1.807) is 11.0 Å². The van der Waals surface area contributed by atoms with E-state index in [1.807, 2.05) is 24.3 Å². The summed E-state index contributed by atoms with van der Waals surface area (Å²) in [5.41, 5.74) is 3.47. The molecule has 0 saturated carbocycles. The van der Waals surface area contributed by atoms with E-state index in [4.69, 9.17) is 0 Å². The first kappa shape index (κ1) is 13.3. The molecule has 3 rings (SSSR count). The Labute approximate surface area is 125 Å². The molecule has 0 aromatic heterocycles. The van der Waals surface area contributed by atoms with Crippen molar-refractivity contribution in [3.8, 4) is 0 Å². The summed E-state index contributed by atoms with van der Waals surface area (Å²) < 4.78 is 13.4. The zero-order chi connectivity index (χ0) is 14.1. The molecule has 0 radical (unpaired) electrons. The van der Waals surface area contributed by atoms with Crippen LogP contribution in [0.15, 0.2) is 42.5 Å². The van der Waals surface area contributed by atoms with E-state index in [2.05, 4.69) is 15.9 Å². The van der Waals surface area contributed by atoms with E-state index in [1.165, 1.54) is 12.1 Å². The van der Waals surface area contributed by atoms with Crippen LogP contribution in [0.25, 0.3) is 0 Å². The van der Waals surface area contributed by atoms with Gasteiger partial charge in [-0.2, -0.15) is 0 Å². The fraction of sp³-hybridized carbons (Fsp3) is 0.188. The molecular formula is C16H13BrFNO. The van der Waals surface area contributed by atoms with Crippen LogP contribution in [0.5, 0.6) is 0 Å². The first-order valence-corrected chi connectivity index (χ1v) is 7.56. The Morgan fingerprint density at radius 2 is 1.95 bits per heavy atom. The largest absolute Gasteiger partial charge is 0.308 e. The SMILES string of the molecule is O=C(c1ccc(CBr)cc1)N1CCc2ccc(F)cc21. The number of hydrogen-bond acceptors (Lipinski definition) is 1. The molecule has 0 spiro atoms. The lowest BCUT2D eigenvalue weighted by Gasteiger charge is -2.17. The highest BCUT2D eigenvalue weighted by Crippen LogP contribution is 2.30. The van der Waals surface area contributed by atoms with E-state index in [-0.39, 0.29) is 11.7 Å². The van der Waals surface area contributed by atoms with Crippen LogP contribution in [0.2, 0.25) is 0 Å². The summed E-state index contributed by atoms with van der Waals surface area (Å²) in [6.07, 6.45) is 0.779. The van der Waals surface area contributed by atoms with Crippen LogP contribution in [0.4, 0.5) is 10.1 Å². The smallest absolute Gasteiger partial charge is 0.258 e. The van der Waals surface area contributed by atoms with E-state index < -0.39 is 0 Å². The van der Waals surface area contributed by atoms with Gasteiger partial charge < -0.3 is 4.90 Å². The van der Waals surface area contributed by atoms with E-state index >= 15 is 0 Å².